The van der Waals surface area contributed by atoms with Gasteiger partial charge in [-0.2, -0.15) is 0 Å². The monoisotopic (exact) mass is 296 g/mol. The molecule has 0 saturated heterocycles. The summed E-state index contributed by atoms with van der Waals surface area (Å²) in [5.41, 5.74) is 0. The number of hydrogen-bond acceptors (Lipinski definition) is 2. The van der Waals surface area contributed by atoms with E-state index >= 15 is 0 Å². The fraction of sp³-hybridized carbons (Fsp3) is 0.875. The van der Waals surface area contributed by atoms with Crippen LogP contribution in [0.5, 0.6) is 0 Å². The first-order chi connectivity index (χ1) is 10.1. The Morgan fingerprint density at radius 3 is 1.90 bits per heavy atom. The highest BCUT2D eigenvalue weighted by Crippen LogP contribution is 2.26. The smallest absolute Gasteiger partial charge is 0.323 e. The number of carbonyl (C=O) groups excluding carboxylic acids is 1. The molecule has 0 bridgehead atoms. The average Bonchev–Trinajstić information content (AvgIpc) is 2.85. The van der Waals surface area contributed by atoms with Crippen LogP contribution in [0.1, 0.15) is 64.2 Å². The van der Waals surface area contributed by atoms with E-state index in [9.17, 15) is 9.59 Å². The standard InChI is InChI=1S/C16H28N2O3/c1-17(13-8-4-2-3-5-9-13)16(21)18(12-15(19)20)14-10-6-7-11-14/h13-14H,2-12H2,1H3,(H,19,20). The Labute approximate surface area is 127 Å². The van der Waals surface area contributed by atoms with Crippen molar-refractivity contribution in [1.29, 1.82) is 0 Å². The van der Waals surface area contributed by atoms with E-state index in [0.29, 0.717) is 0 Å². The fourth-order valence-electron chi connectivity index (χ4n) is 3.72. The van der Waals surface area contributed by atoms with E-state index in [4.69, 9.17) is 5.11 Å². The number of hydrogen-bond donors (Lipinski definition) is 1. The van der Waals surface area contributed by atoms with E-state index < -0.39 is 5.97 Å². The van der Waals surface area contributed by atoms with Gasteiger partial charge in [-0.3, -0.25) is 4.79 Å². The number of urea groups is 1. The van der Waals surface area contributed by atoms with Crippen LogP contribution in [0.4, 0.5) is 4.79 Å². The zero-order valence-electron chi connectivity index (χ0n) is 13.1. The van der Waals surface area contributed by atoms with E-state index in [1.165, 1.54) is 25.7 Å². The molecule has 2 saturated carbocycles. The van der Waals surface area contributed by atoms with Crippen molar-refractivity contribution in [3.8, 4) is 0 Å². The van der Waals surface area contributed by atoms with Crippen LogP contribution < -0.4 is 0 Å². The van der Waals surface area contributed by atoms with Gasteiger partial charge in [0, 0.05) is 19.1 Å². The van der Waals surface area contributed by atoms with E-state index in [0.717, 1.165) is 38.5 Å². The summed E-state index contributed by atoms with van der Waals surface area (Å²) in [5.74, 6) is -0.912. The van der Waals surface area contributed by atoms with Crippen molar-refractivity contribution in [3.05, 3.63) is 0 Å². The highest BCUT2D eigenvalue weighted by Gasteiger charge is 2.32. The van der Waals surface area contributed by atoms with E-state index in [-0.39, 0.29) is 24.7 Å². The summed E-state index contributed by atoms with van der Waals surface area (Å²) in [6, 6.07) is 0.302. The number of rotatable bonds is 4. The van der Waals surface area contributed by atoms with E-state index in [2.05, 4.69) is 0 Å². The first kappa shape index (κ1) is 16.1. The summed E-state index contributed by atoms with van der Waals surface area (Å²) in [7, 11) is 1.85. The highest BCUT2D eigenvalue weighted by molar-refractivity contribution is 5.80. The number of carboxylic acid groups (broad SMARTS) is 1. The molecule has 0 spiro atoms. The summed E-state index contributed by atoms with van der Waals surface area (Å²) in [5, 5.41) is 9.12. The van der Waals surface area contributed by atoms with Gasteiger partial charge in [-0.05, 0) is 25.7 Å². The molecular weight excluding hydrogens is 268 g/mol. The van der Waals surface area contributed by atoms with Gasteiger partial charge in [0.05, 0.1) is 0 Å². The van der Waals surface area contributed by atoms with Crippen LogP contribution in [-0.2, 0) is 4.79 Å². The van der Waals surface area contributed by atoms with Crippen LogP contribution in [0, 0.1) is 0 Å². The van der Waals surface area contributed by atoms with Crippen LogP contribution in [0.25, 0.3) is 0 Å². The minimum Gasteiger partial charge on any atom is -0.480 e. The third kappa shape index (κ3) is 4.35. The van der Waals surface area contributed by atoms with Crippen molar-refractivity contribution in [3.63, 3.8) is 0 Å². The van der Waals surface area contributed by atoms with Crippen LogP contribution >= 0.6 is 0 Å². The van der Waals surface area contributed by atoms with Gasteiger partial charge in [-0.15, -0.1) is 0 Å². The first-order valence-electron chi connectivity index (χ1n) is 8.35. The molecule has 21 heavy (non-hydrogen) atoms. The second kappa shape index (κ2) is 7.66. The summed E-state index contributed by atoms with van der Waals surface area (Å²) in [6.07, 6.45) is 11.0. The Morgan fingerprint density at radius 2 is 1.38 bits per heavy atom. The molecule has 5 heteroatoms. The maximum atomic E-state index is 12.8. The predicted molar refractivity (Wildman–Crippen MR) is 81.2 cm³/mol. The van der Waals surface area contributed by atoms with Crippen molar-refractivity contribution in [2.24, 2.45) is 0 Å². The highest BCUT2D eigenvalue weighted by atomic mass is 16.4. The molecule has 2 fully saturated rings. The molecule has 5 nitrogen and oxygen atoms in total. The molecule has 2 aliphatic carbocycles. The Kier molecular flexibility index (Phi) is 5.88. The topological polar surface area (TPSA) is 60.9 Å². The lowest BCUT2D eigenvalue weighted by atomic mass is 10.1. The number of aliphatic carboxylic acids is 1. The van der Waals surface area contributed by atoms with Crippen molar-refractivity contribution in [2.45, 2.75) is 76.3 Å². The van der Waals surface area contributed by atoms with Crippen molar-refractivity contribution >= 4 is 12.0 Å². The number of carboxylic acids is 1. The van der Waals surface area contributed by atoms with Crippen molar-refractivity contribution in [2.75, 3.05) is 13.6 Å². The quantitative estimate of drug-likeness (QED) is 0.811. The van der Waals surface area contributed by atoms with Crippen LogP contribution in [0.2, 0.25) is 0 Å². The summed E-state index contributed by atoms with van der Waals surface area (Å²) in [4.78, 5) is 27.3. The molecule has 0 radical (unpaired) electrons. The predicted octanol–water partition coefficient (Wildman–Crippen LogP) is 3.09. The first-order valence-corrected chi connectivity index (χ1v) is 8.35. The zero-order chi connectivity index (χ0) is 15.2. The number of carbonyl (C=O) groups is 2. The largest absolute Gasteiger partial charge is 0.480 e. The van der Waals surface area contributed by atoms with Gasteiger partial charge in [-0.1, -0.05) is 38.5 Å². The summed E-state index contributed by atoms with van der Waals surface area (Å²) >= 11 is 0. The van der Waals surface area contributed by atoms with E-state index in [1.807, 2.05) is 11.9 Å². The van der Waals surface area contributed by atoms with Crippen molar-refractivity contribution in [1.82, 2.24) is 9.80 Å². The van der Waals surface area contributed by atoms with Crippen molar-refractivity contribution < 1.29 is 14.7 Å². The Hall–Kier alpha value is -1.26. The molecule has 0 heterocycles. The SMILES string of the molecule is CN(C(=O)N(CC(=O)O)C1CCCC1)C1CCCCCC1. The molecule has 0 atom stereocenters. The number of nitrogens with zero attached hydrogens (tertiary/aromatic N) is 2. The third-order valence-corrected chi connectivity index (χ3v) is 4.99. The third-order valence-electron chi connectivity index (χ3n) is 4.99. The van der Waals surface area contributed by atoms with Gasteiger partial charge in [0.25, 0.3) is 0 Å². The fourth-order valence-corrected chi connectivity index (χ4v) is 3.72. The molecule has 1 N–H and O–H groups in total. The van der Waals surface area contributed by atoms with Crippen LogP contribution in [0.3, 0.4) is 0 Å². The molecule has 0 unspecified atom stereocenters. The minimum atomic E-state index is -0.912. The van der Waals surface area contributed by atoms with Crippen LogP contribution in [0.15, 0.2) is 0 Å². The Balaban J connectivity index is 2.02. The van der Waals surface area contributed by atoms with Gasteiger partial charge in [0.1, 0.15) is 6.54 Å². The van der Waals surface area contributed by atoms with E-state index in [1.54, 1.807) is 4.90 Å². The molecular formula is C16H28N2O3. The molecule has 2 aliphatic rings. The summed E-state index contributed by atoms with van der Waals surface area (Å²) < 4.78 is 0. The molecule has 2 amide bonds. The lowest BCUT2D eigenvalue weighted by Gasteiger charge is -2.35. The Morgan fingerprint density at radius 1 is 0.905 bits per heavy atom. The van der Waals surface area contributed by atoms with Gasteiger partial charge in [-0.25, -0.2) is 4.79 Å². The van der Waals surface area contributed by atoms with Gasteiger partial charge in [0.2, 0.25) is 0 Å². The van der Waals surface area contributed by atoms with Gasteiger partial charge >= 0.3 is 12.0 Å². The van der Waals surface area contributed by atoms with Gasteiger partial charge in [0.15, 0.2) is 0 Å². The molecule has 0 aromatic carbocycles. The average molecular weight is 296 g/mol. The number of amides is 2. The molecule has 0 aromatic heterocycles. The lowest BCUT2D eigenvalue weighted by molar-refractivity contribution is -0.138. The Bertz CT molecular complexity index is 359. The minimum absolute atomic E-state index is 0.0869. The maximum absolute atomic E-state index is 12.8. The zero-order valence-corrected chi connectivity index (χ0v) is 13.1. The summed E-state index contributed by atoms with van der Waals surface area (Å²) in [6.45, 7) is -0.166. The van der Waals surface area contributed by atoms with Gasteiger partial charge < -0.3 is 14.9 Å². The van der Waals surface area contributed by atoms with Crippen LogP contribution in [-0.4, -0.2) is 52.6 Å². The molecule has 0 aliphatic heterocycles. The molecule has 0 aromatic rings. The molecule has 2 rings (SSSR count). The second-order valence-corrected chi connectivity index (χ2v) is 6.50. The second-order valence-electron chi connectivity index (χ2n) is 6.50. The lowest BCUT2D eigenvalue weighted by Crippen LogP contribution is -2.51. The maximum Gasteiger partial charge on any atom is 0.323 e. The molecule has 120 valence electrons. The normalized spacial score (nSPS) is 21.0.